The van der Waals surface area contributed by atoms with Crippen molar-refractivity contribution < 1.29 is 24.5 Å². The summed E-state index contributed by atoms with van der Waals surface area (Å²) in [5.74, 6) is 0. The molecule has 0 aromatic carbocycles. The average Bonchev–Trinajstić information content (AvgIpc) is 2.50. The lowest BCUT2D eigenvalue weighted by Crippen LogP contribution is -2.54. The summed E-state index contributed by atoms with van der Waals surface area (Å²) >= 11 is 0. The molecule has 6 heteroatoms. The Kier molecular flexibility index (Phi) is 4.25. The molecule has 1 saturated heterocycles. The zero-order chi connectivity index (χ0) is 14.1. The van der Waals surface area contributed by atoms with Gasteiger partial charge in [-0.3, -0.25) is 4.90 Å². The number of amides is 1. The van der Waals surface area contributed by atoms with Crippen molar-refractivity contribution in [1.29, 1.82) is 0 Å². The van der Waals surface area contributed by atoms with Gasteiger partial charge in [0.2, 0.25) is 0 Å². The van der Waals surface area contributed by atoms with Gasteiger partial charge in [-0.1, -0.05) is 0 Å². The van der Waals surface area contributed by atoms with Crippen LogP contribution in [0.3, 0.4) is 0 Å². The fourth-order valence-corrected chi connectivity index (χ4v) is 1.90. The summed E-state index contributed by atoms with van der Waals surface area (Å²) in [7, 11) is 0. The van der Waals surface area contributed by atoms with E-state index in [1.54, 1.807) is 34.6 Å². The van der Waals surface area contributed by atoms with E-state index in [1.165, 1.54) is 4.90 Å². The number of ether oxygens (including phenoxy) is 2. The highest BCUT2D eigenvalue weighted by Crippen LogP contribution is 2.30. The molecule has 0 spiro atoms. The molecule has 2 N–H and O–H groups in total. The van der Waals surface area contributed by atoms with Crippen molar-refractivity contribution in [2.45, 2.75) is 58.1 Å². The van der Waals surface area contributed by atoms with Crippen molar-refractivity contribution in [1.82, 2.24) is 4.90 Å². The van der Waals surface area contributed by atoms with Gasteiger partial charge in [0.25, 0.3) is 0 Å². The van der Waals surface area contributed by atoms with Crippen LogP contribution in [0.4, 0.5) is 4.79 Å². The minimum Gasteiger partial charge on any atom is -0.444 e. The number of hydrogen-bond acceptors (Lipinski definition) is 5. The second-order valence-electron chi connectivity index (χ2n) is 5.93. The fraction of sp³-hybridized carbons (Fsp3) is 0.917. The Hall–Kier alpha value is -0.850. The molecule has 0 bridgehead atoms. The highest BCUT2D eigenvalue weighted by atomic mass is 16.6. The van der Waals surface area contributed by atoms with Crippen molar-refractivity contribution >= 4 is 6.09 Å². The Morgan fingerprint density at radius 3 is 2.56 bits per heavy atom. The third kappa shape index (κ3) is 3.34. The van der Waals surface area contributed by atoms with Gasteiger partial charge in [-0.2, -0.15) is 0 Å². The fourth-order valence-electron chi connectivity index (χ4n) is 1.90. The van der Waals surface area contributed by atoms with Gasteiger partial charge in [0.15, 0.2) is 0 Å². The summed E-state index contributed by atoms with van der Waals surface area (Å²) in [6.07, 6.45) is -1.60. The minimum absolute atomic E-state index is 0.175. The Morgan fingerprint density at radius 1 is 1.56 bits per heavy atom. The van der Waals surface area contributed by atoms with Gasteiger partial charge < -0.3 is 19.7 Å². The van der Waals surface area contributed by atoms with E-state index >= 15 is 0 Å². The third-order valence-corrected chi connectivity index (χ3v) is 2.74. The van der Waals surface area contributed by atoms with Crippen molar-refractivity contribution in [3.8, 4) is 0 Å². The van der Waals surface area contributed by atoms with E-state index in [-0.39, 0.29) is 6.61 Å². The number of carbonyl (C=O) groups is 1. The van der Waals surface area contributed by atoms with Gasteiger partial charge in [-0.05, 0) is 34.6 Å². The molecule has 1 rings (SSSR count). The summed E-state index contributed by atoms with van der Waals surface area (Å²) in [6, 6.07) is -0.597. The number of hydrogen-bond donors (Lipinski definition) is 2. The van der Waals surface area contributed by atoms with E-state index in [2.05, 4.69) is 0 Å². The first-order valence-electron chi connectivity index (χ1n) is 6.03. The quantitative estimate of drug-likeness (QED) is 0.765. The van der Waals surface area contributed by atoms with Crippen molar-refractivity contribution in [3.05, 3.63) is 0 Å². The lowest BCUT2D eigenvalue weighted by Gasteiger charge is -2.36. The molecule has 6 nitrogen and oxygen atoms in total. The van der Waals surface area contributed by atoms with E-state index in [1.807, 2.05) is 0 Å². The van der Waals surface area contributed by atoms with Crippen molar-refractivity contribution in [2.75, 3.05) is 13.2 Å². The zero-order valence-corrected chi connectivity index (χ0v) is 11.6. The predicted octanol–water partition coefficient (Wildman–Crippen LogP) is 0.712. The SMILES string of the molecule is CC(C)(C)OC(=O)N1[C@@H]([C@H](O)CO)COC1(C)C. The van der Waals surface area contributed by atoms with E-state index < -0.39 is 36.2 Å². The first-order chi connectivity index (χ1) is 8.08. The monoisotopic (exact) mass is 261 g/mol. The van der Waals surface area contributed by atoms with Gasteiger partial charge >= 0.3 is 6.09 Å². The smallest absolute Gasteiger partial charge is 0.412 e. The molecule has 1 heterocycles. The second-order valence-corrected chi connectivity index (χ2v) is 5.93. The molecule has 0 unspecified atom stereocenters. The first kappa shape index (κ1) is 15.2. The molecule has 0 aliphatic carbocycles. The van der Waals surface area contributed by atoms with Gasteiger partial charge in [0.05, 0.1) is 25.4 Å². The van der Waals surface area contributed by atoms with Crippen molar-refractivity contribution in [3.63, 3.8) is 0 Å². The molecule has 0 aromatic heterocycles. The van der Waals surface area contributed by atoms with E-state index in [0.717, 1.165) is 0 Å². The molecular weight excluding hydrogens is 238 g/mol. The molecular formula is C12H23NO5. The maximum absolute atomic E-state index is 12.1. The van der Waals surface area contributed by atoms with Crippen molar-refractivity contribution in [2.24, 2.45) is 0 Å². The topological polar surface area (TPSA) is 79.2 Å². The Bertz CT molecular complexity index is 310. The van der Waals surface area contributed by atoms with Crippen LogP contribution >= 0.6 is 0 Å². The Balaban J connectivity index is 2.88. The van der Waals surface area contributed by atoms with Gasteiger partial charge in [0, 0.05) is 0 Å². The second kappa shape index (κ2) is 5.03. The van der Waals surface area contributed by atoms with Crippen LogP contribution < -0.4 is 0 Å². The van der Waals surface area contributed by atoms with Crippen LogP contribution in [-0.2, 0) is 9.47 Å². The standard InChI is InChI=1S/C12H23NO5/c1-11(2,3)18-10(16)13-8(9(15)6-14)7-17-12(13,4)5/h8-9,14-15H,6-7H2,1-5H3/t8-,9-/m1/s1. The lowest BCUT2D eigenvalue weighted by atomic mass is 10.1. The van der Waals surface area contributed by atoms with Gasteiger partial charge in [0.1, 0.15) is 11.3 Å². The Morgan fingerprint density at radius 2 is 2.11 bits per heavy atom. The van der Waals surface area contributed by atoms with Crippen LogP contribution in [0.5, 0.6) is 0 Å². The number of aliphatic hydroxyl groups excluding tert-OH is 2. The van der Waals surface area contributed by atoms with Gasteiger partial charge in [-0.15, -0.1) is 0 Å². The normalized spacial score (nSPS) is 25.1. The number of aliphatic hydroxyl groups is 2. The lowest BCUT2D eigenvalue weighted by molar-refractivity contribution is -0.0698. The maximum atomic E-state index is 12.1. The van der Waals surface area contributed by atoms with Crippen LogP contribution in [0, 0.1) is 0 Å². The van der Waals surface area contributed by atoms with Crippen LogP contribution in [-0.4, -0.2) is 57.9 Å². The molecule has 1 amide bonds. The molecule has 18 heavy (non-hydrogen) atoms. The molecule has 0 saturated carbocycles. The number of carbonyl (C=O) groups excluding carboxylic acids is 1. The highest BCUT2D eigenvalue weighted by Gasteiger charge is 2.48. The molecule has 2 atom stereocenters. The predicted molar refractivity (Wildman–Crippen MR) is 65.0 cm³/mol. The molecule has 1 fully saturated rings. The summed E-state index contributed by atoms with van der Waals surface area (Å²) in [6.45, 7) is 8.50. The van der Waals surface area contributed by atoms with Crippen LogP contribution in [0.1, 0.15) is 34.6 Å². The van der Waals surface area contributed by atoms with Gasteiger partial charge in [-0.25, -0.2) is 4.79 Å². The molecule has 1 aliphatic rings. The average molecular weight is 261 g/mol. The third-order valence-electron chi connectivity index (χ3n) is 2.74. The summed E-state index contributed by atoms with van der Waals surface area (Å²) in [4.78, 5) is 13.5. The van der Waals surface area contributed by atoms with E-state index in [9.17, 15) is 9.90 Å². The zero-order valence-electron chi connectivity index (χ0n) is 11.6. The Labute approximate surface area is 107 Å². The highest BCUT2D eigenvalue weighted by molar-refractivity contribution is 5.69. The number of nitrogens with zero attached hydrogens (tertiary/aromatic N) is 1. The summed E-state index contributed by atoms with van der Waals surface area (Å²) in [5.41, 5.74) is -1.48. The summed E-state index contributed by atoms with van der Waals surface area (Å²) < 4.78 is 10.8. The van der Waals surface area contributed by atoms with E-state index in [0.29, 0.717) is 0 Å². The molecule has 1 aliphatic heterocycles. The van der Waals surface area contributed by atoms with E-state index in [4.69, 9.17) is 14.6 Å². The van der Waals surface area contributed by atoms with Crippen LogP contribution in [0.15, 0.2) is 0 Å². The molecule has 0 radical (unpaired) electrons. The number of rotatable bonds is 2. The largest absolute Gasteiger partial charge is 0.444 e. The minimum atomic E-state index is -1.04. The molecule has 106 valence electrons. The molecule has 0 aromatic rings. The summed E-state index contributed by atoms with van der Waals surface area (Å²) in [5, 5.41) is 18.7. The maximum Gasteiger partial charge on any atom is 0.412 e. The first-order valence-corrected chi connectivity index (χ1v) is 6.03. The van der Waals surface area contributed by atoms with Crippen LogP contribution in [0.2, 0.25) is 0 Å². The van der Waals surface area contributed by atoms with Crippen LogP contribution in [0.25, 0.3) is 0 Å².